The second-order valence-electron chi connectivity index (χ2n) is 6.10. The molecule has 0 heterocycles. The van der Waals surface area contributed by atoms with E-state index in [9.17, 15) is 0 Å². The molecule has 0 amide bonds. The van der Waals surface area contributed by atoms with E-state index in [4.69, 9.17) is 23.2 Å². The van der Waals surface area contributed by atoms with E-state index in [1.165, 1.54) is 18.4 Å². The molecule has 0 bridgehead atoms. The van der Waals surface area contributed by atoms with Gasteiger partial charge in [-0.15, -0.1) is 0 Å². The third kappa shape index (κ3) is 4.37. The molecular formula is C16H23Cl2N. The molecule has 2 unspecified atom stereocenters. The molecule has 1 saturated carbocycles. The summed E-state index contributed by atoms with van der Waals surface area (Å²) in [5, 5.41) is 4.90. The van der Waals surface area contributed by atoms with E-state index in [2.05, 4.69) is 25.2 Å². The van der Waals surface area contributed by atoms with Crippen LogP contribution in [0.2, 0.25) is 10.0 Å². The zero-order valence-corrected chi connectivity index (χ0v) is 13.3. The van der Waals surface area contributed by atoms with E-state index in [0.29, 0.717) is 10.0 Å². The van der Waals surface area contributed by atoms with Crippen molar-refractivity contribution in [1.29, 1.82) is 0 Å². The first kappa shape index (κ1) is 15.2. The minimum absolute atomic E-state index is 0.647. The summed E-state index contributed by atoms with van der Waals surface area (Å²) in [6.45, 7) is 6.78. The number of nitrogens with one attached hydrogen (secondary N) is 1. The topological polar surface area (TPSA) is 12.0 Å². The lowest BCUT2D eigenvalue weighted by atomic mass is 9.70. The summed E-state index contributed by atoms with van der Waals surface area (Å²) < 4.78 is 0. The Morgan fingerprint density at radius 2 is 1.89 bits per heavy atom. The van der Waals surface area contributed by atoms with Crippen LogP contribution < -0.4 is 5.32 Å². The quantitative estimate of drug-likeness (QED) is 0.795. The standard InChI is InChI=1S/C16H23Cl2N/c1-11(2)9-19-10-14-5-4-13(14)7-12-3-6-15(17)16(18)8-12/h3,6,8,11,13-14,19H,4-5,7,9-10H2,1-2H3. The van der Waals surface area contributed by atoms with E-state index < -0.39 is 0 Å². The lowest BCUT2D eigenvalue weighted by molar-refractivity contribution is 0.169. The fraction of sp³-hybridized carbons (Fsp3) is 0.625. The van der Waals surface area contributed by atoms with Crippen LogP contribution in [0.5, 0.6) is 0 Å². The molecule has 19 heavy (non-hydrogen) atoms. The maximum Gasteiger partial charge on any atom is 0.0595 e. The van der Waals surface area contributed by atoms with Crippen molar-refractivity contribution in [2.75, 3.05) is 13.1 Å². The van der Waals surface area contributed by atoms with Gasteiger partial charge in [0.05, 0.1) is 10.0 Å². The highest BCUT2D eigenvalue weighted by Crippen LogP contribution is 2.37. The lowest BCUT2D eigenvalue weighted by Gasteiger charge is -2.37. The first-order valence-corrected chi connectivity index (χ1v) is 7.96. The van der Waals surface area contributed by atoms with Crippen molar-refractivity contribution < 1.29 is 0 Å². The van der Waals surface area contributed by atoms with Gasteiger partial charge >= 0.3 is 0 Å². The number of benzene rings is 1. The zero-order valence-electron chi connectivity index (χ0n) is 11.8. The smallest absolute Gasteiger partial charge is 0.0595 e. The Morgan fingerprint density at radius 1 is 1.16 bits per heavy atom. The van der Waals surface area contributed by atoms with Crippen LogP contribution in [-0.2, 0) is 6.42 Å². The average Bonchev–Trinajstić information content (AvgIpc) is 2.34. The molecule has 1 aromatic rings. The Hall–Kier alpha value is -0.240. The molecule has 106 valence electrons. The summed E-state index contributed by atoms with van der Waals surface area (Å²) in [6, 6.07) is 6.02. The van der Waals surface area contributed by atoms with Crippen molar-refractivity contribution in [2.24, 2.45) is 17.8 Å². The van der Waals surface area contributed by atoms with Crippen LogP contribution in [0.1, 0.15) is 32.3 Å². The largest absolute Gasteiger partial charge is 0.316 e. The summed E-state index contributed by atoms with van der Waals surface area (Å²) in [7, 11) is 0. The van der Waals surface area contributed by atoms with Crippen molar-refractivity contribution in [3.63, 3.8) is 0 Å². The van der Waals surface area contributed by atoms with E-state index in [1.54, 1.807) is 0 Å². The molecular weight excluding hydrogens is 277 g/mol. The van der Waals surface area contributed by atoms with E-state index in [0.717, 1.165) is 37.3 Å². The van der Waals surface area contributed by atoms with Gasteiger partial charge in [-0.3, -0.25) is 0 Å². The SMILES string of the molecule is CC(C)CNCC1CCC1Cc1ccc(Cl)c(Cl)c1. The summed E-state index contributed by atoms with van der Waals surface area (Å²) in [5.41, 5.74) is 1.31. The van der Waals surface area contributed by atoms with Gasteiger partial charge in [-0.05, 0) is 67.8 Å². The van der Waals surface area contributed by atoms with Crippen molar-refractivity contribution in [1.82, 2.24) is 5.32 Å². The highest BCUT2D eigenvalue weighted by Gasteiger charge is 2.30. The summed E-state index contributed by atoms with van der Waals surface area (Å²) in [4.78, 5) is 0. The molecule has 3 heteroatoms. The minimum Gasteiger partial charge on any atom is -0.316 e. The van der Waals surface area contributed by atoms with Crippen molar-refractivity contribution >= 4 is 23.2 Å². The van der Waals surface area contributed by atoms with Gasteiger partial charge in [0.15, 0.2) is 0 Å². The Morgan fingerprint density at radius 3 is 2.47 bits per heavy atom. The first-order valence-electron chi connectivity index (χ1n) is 7.21. The second kappa shape index (κ2) is 6.97. The highest BCUT2D eigenvalue weighted by atomic mass is 35.5. The van der Waals surface area contributed by atoms with Gasteiger partial charge in [0.25, 0.3) is 0 Å². The maximum atomic E-state index is 6.07. The molecule has 0 radical (unpaired) electrons. The zero-order chi connectivity index (χ0) is 13.8. The Balaban J connectivity index is 1.80. The average molecular weight is 300 g/mol. The van der Waals surface area contributed by atoms with Crippen molar-refractivity contribution in [3.8, 4) is 0 Å². The molecule has 1 fully saturated rings. The summed E-state index contributed by atoms with van der Waals surface area (Å²) in [6.07, 6.45) is 3.83. The van der Waals surface area contributed by atoms with Crippen LogP contribution in [0, 0.1) is 17.8 Å². The number of halogens is 2. The minimum atomic E-state index is 0.647. The van der Waals surface area contributed by atoms with Gasteiger partial charge in [-0.1, -0.05) is 43.1 Å². The third-order valence-corrected chi connectivity index (χ3v) is 4.75. The number of hydrogen-bond acceptors (Lipinski definition) is 1. The van der Waals surface area contributed by atoms with Gasteiger partial charge in [-0.25, -0.2) is 0 Å². The molecule has 1 nitrogen and oxygen atoms in total. The van der Waals surface area contributed by atoms with Crippen molar-refractivity contribution in [2.45, 2.75) is 33.1 Å². The van der Waals surface area contributed by atoms with Gasteiger partial charge in [0, 0.05) is 0 Å². The molecule has 0 aromatic heterocycles. The molecule has 1 aliphatic rings. The second-order valence-corrected chi connectivity index (χ2v) is 6.92. The fourth-order valence-electron chi connectivity index (χ4n) is 2.70. The predicted octanol–water partition coefficient (Wildman–Crippen LogP) is 4.81. The molecule has 0 spiro atoms. The normalized spacial score (nSPS) is 22.6. The number of hydrogen-bond donors (Lipinski definition) is 1. The lowest BCUT2D eigenvalue weighted by Crippen LogP contribution is -2.37. The maximum absolute atomic E-state index is 6.07. The third-order valence-electron chi connectivity index (χ3n) is 4.02. The Kier molecular flexibility index (Phi) is 5.56. The predicted molar refractivity (Wildman–Crippen MR) is 84.1 cm³/mol. The summed E-state index contributed by atoms with van der Waals surface area (Å²) in [5.74, 6) is 2.36. The Labute approximate surface area is 126 Å². The Bertz CT molecular complexity index is 417. The van der Waals surface area contributed by atoms with Crippen molar-refractivity contribution in [3.05, 3.63) is 33.8 Å². The monoisotopic (exact) mass is 299 g/mol. The molecule has 0 aliphatic heterocycles. The van der Waals surface area contributed by atoms with E-state index in [1.807, 2.05) is 12.1 Å². The highest BCUT2D eigenvalue weighted by molar-refractivity contribution is 6.42. The molecule has 0 saturated heterocycles. The van der Waals surface area contributed by atoms with Gasteiger partial charge in [0.2, 0.25) is 0 Å². The first-order chi connectivity index (χ1) is 9.06. The van der Waals surface area contributed by atoms with E-state index in [-0.39, 0.29) is 0 Å². The van der Waals surface area contributed by atoms with Crippen LogP contribution in [-0.4, -0.2) is 13.1 Å². The number of rotatable bonds is 6. The van der Waals surface area contributed by atoms with Gasteiger partial charge in [0.1, 0.15) is 0 Å². The van der Waals surface area contributed by atoms with Crippen LogP contribution >= 0.6 is 23.2 Å². The van der Waals surface area contributed by atoms with Crippen LogP contribution in [0.25, 0.3) is 0 Å². The molecule has 2 rings (SSSR count). The van der Waals surface area contributed by atoms with E-state index >= 15 is 0 Å². The fourth-order valence-corrected chi connectivity index (χ4v) is 3.02. The van der Waals surface area contributed by atoms with Crippen LogP contribution in [0.15, 0.2) is 18.2 Å². The molecule has 2 atom stereocenters. The van der Waals surface area contributed by atoms with Gasteiger partial charge < -0.3 is 5.32 Å². The van der Waals surface area contributed by atoms with Crippen LogP contribution in [0.3, 0.4) is 0 Å². The molecule has 1 aliphatic carbocycles. The van der Waals surface area contributed by atoms with Gasteiger partial charge in [-0.2, -0.15) is 0 Å². The molecule has 1 N–H and O–H groups in total. The summed E-state index contributed by atoms with van der Waals surface area (Å²) >= 11 is 12.0. The molecule has 1 aromatic carbocycles. The van der Waals surface area contributed by atoms with Crippen LogP contribution in [0.4, 0.5) is 0 Å².